The maximum Gasteiger partial charge on any atom is 0.133 e. The molecule has 0 aliphatic heterocycles. The summed E-state index contributed by atoms with van der Waals surface area (Å²) in [4.78, 5) is 11.5. The Labute approximate surface area is 80.2 Å². The predicted octanol–water partition coefficient (Wildman–Crippen LogP) is 2.81. The molecular weight excluding hydrogens is 160 g/mol. The van der Waals surface area contributed by atoms with Gasteiger partial charge in [0.25, 0.3) is 0 Å². The molecule has 2 saturated carbocycles. The normalized spacial score (nSPS) is 42.3. The Morgan fingerprint density at radius 3 is 2.08 bits per heavy atom. The van der Waals surface area contributed by atoms with Gasteiger partial charge in [-0.3, -0.25) is 4.79 Å². The Hall–Kier alpha value is -0.590. The molecule has 0 amide bonds. The van der Waals surface area contributed by atoms with Crippen molar-refractivity contribution in [3.63, 3.8) is 0 Å². The average molecular weight is 178 g/mol. The number of hydrogen-bond acceptors (Lipinski definition) is 1. The lowest BCUT2D eigenvalue weighted by atomic mass is 9.74. The molecule has 2 bridgehead atoms. The summed E-state index contributed by atoms with van der Waals surface area (Å²) in [5.74, 6) is 2.67. The van der Waals surface area contributed by atoms with Gasteiger partial charge in [0.2, 0.25) is 0 Å². The molecule has 1 nitrogen and oxygen atoms in total. The lowest BCUT2D eigenvalue weighted by molar-refractivity contribution is -0.123. The van der Waals surface area contributed by atoms with E-state index in [1.54, 1.807) is 6.92 Å². The van der Waals surface area contributed by atoms with E-state index in [-0.39, 0.29) is 0 Å². The van der Waals surface area contributed by atoms with Gasteiger partial charge in [0, 0.05) is 5.92 Å². The van der Waals surface area contributed by atoms with E-state index in [9.17, 15) is 4.79 Å². The van der Waals surface area contributed by atoms with Crippen LogP contribution in [-0.4, -0.2) is 5.78 Å². The minimum Gasteiger partial charge on any atom is -0.300 e. The van der Waals surface area contributed by atoms with E-state index in [0.717, 1.165) is 5.92 Å². The van der Waals surface area contributed by atoms with Crippen LogP contribution in [0.25, 0.3) is 0 Å². The first kappa shape index (κ1) is 8.98. The molecule has 0 aromatic rings. The molecule has 0 saturated heterocycles. The lowest BCUT2D eigenvalue weighted by Crippen LogP contribution is -2.28. The maximum atomic E-state index is 11.5. The summed E-state index contributed by atoms with van der Waals surface area (Å²) in [6.45, 7) is 7.87. The molecule has 13 heavy (non-hydrogen) atoms. The fourth-order valence-corrected chi connectivity index (χ4v) is 3.59. The monoisotopic (exact) mass is 178 g/mol. The Bertz CT molecular complexity index is 228. The Morgan fingerprint density at radius 2 is 1.69 bits per heavy atom. The Kier molecular flexibility index (Phi) is 2.05. The summed E-state index contributed by atoms with van der Waals surface area (Å²) in [6, 6.07) is 0. The molecule has 0 spiro atoms. The largest absolute Gasteiger partial charge is 0.300 e. The smallest absolute Gasteiger partial charge is 0.133 e. The summed E-state index contributed by atoms with van der Waals surface area (Å²) < 4.78 is 0. The highest BCUT2D eigenvalue weighted by molar-refractivity contribution is 5.80. The average Bonchev–Trinajstić information content (AvgIpc) is 2.60. The van der Waals surface area contributed by atoms with Crippen molar-refractivity contribution in [1.82, 2.24) is 0 Å². The zero-order valence-corrected chi connectivity index (χ0v) is 8.55. The molecule has 0 radical (unpaired) electrons. The first-order valence-corrected chi connectivity index (χ1v) is 5.27. The van der Waals surface area contributed by atoms with Crippen molar-refractivity contribution >= 4 is 5.78 Å². The second-order valence-electron chi connectivity index (χ2n) is 4.84. The van der Waals surface area contributed by atoms with Crippen LogP contribution in [0, 0.1) is 23.7 Å². The van der Waals surface area contributed by atoms with Gasteiger partial charge < -0.3 is 0 Å². The van der Waals surface area contributed by atoms with E-state index in [1.807, 2.05) is 0 Å². The summed E-state index contributed by atoms with van der Waals surface area (Å²) in [7, 11) is 0. The van der Waals surface area contributed by atoms with E-state index >= 15 is 0 Å². The van der Waals surface area contributed by atoms with Crippen LogP contribution < -0.4 is 0 Å². The molecule has 2 aliphatic carbocycles. The lowest BCUT2D eigenvalue weighted by Gasteiger charge is -2.29. The van der Waals surface area contributed by atoms with Crippen LogP contribution in [0.3, 0.4) is 0 Å². The van der Waals surface area contributed by atoms with Crippen molar-refractivity contribution in [3.05, 3.63) is 12.2 Å². The van der Waals surface area contributed by atoms with Gasteiger partial charge in [-0.15, -0.1) is 0 Å². The second-order valence-corrected chi connectivity index (χ2v) is 4.84. The molecule has 0 unspecified atom stereocenters. The third-order valence-corrected chi connectivity index (χ3v) is 3.95. The molecule has 2 fully saturated rings. The quantitative estimate of drug-likeness (QED) is 0.594. The number of fused-ring (bicyclic) bond motifs is 2. The van der Waals surface area contributed by atoms with E-state index in [4.69, 9.17) is 0 Å². The second kappa shape index (κ2) is 2.97. The summed E-state index contributed by atoms with van der Waals surface area (Å²) in [5.41, 5.74) is 1.23. The number of ketones is 1. The van der Waals surface area contributed by atoms with E-state index in [0.29, 0.717) is 23.5 Å². The molecular formula is C12H18O. The van der Waals surface area contributed by atoms with Crippen LogP contribution >= 0.6 is 0 Å². The summed E-state index contributed by atoms with van der Waals surface area (Å²) in [6.07, 6.45) is 3.88. The molecule has 0 N–H and O–H groups in total. The number of hydrogen-bond donors (Lipinski definition) is 0. The van der Waals surface area contributed by atoms with Gasteiger partial charge in [0.15, 0.2) is 0 Å². The molecule has 2 aliphatic rings. The minimum absolute atomic E-state index is 0.316. The van der Waals surface area contributed by atoms with Gasteiger partial charge in [0.1, 0.15) is 5.78 Å². The maximum absolute atomic E-state index is 11.5. The van der Waals surface area contributed by atoms with Gasteiger partial charge in [0.05, 0.1) is 0 Å². The molecule has 72 valence electrons. The van der Waals surface area contributed by atoms with Crippen molar-refractivity contribution in [1.29, 1.82) is 0 Å². The number of carbonyl (C=O) groups excluding carboxylic acids is 1. The van der Waals surface area contributed by atoms with E-state index < -0.39 is 0 Å². The Morgan fingerprint density at radius 1 is 1.15 bits per heavy atom. The third-order valence-electron chi connectivity index (χ3n) is 3.95. The molecule has 1 heteroatoms. The van der Waals surface area contributed by atoms with Gasteiger partial charge in [-0.05, 0) is 50.9 Å². The summed E-state index contributed by atoms with van der Waals surface area (Å²) in [5, 5.41) is 0. The topological polar surface area (TPSA) is 17.1 Å². The van der Waals surface area contributed by atoms with Crippen molar-refractivity contribution in [3.8, 4) is 0 Å². The number of carbonyl (C=O) groups is 1. The van der Waals surface area contributed by atoms with Gasteiger partial charge in [-0.25, -0.2) is 0 Å². The van der Waals surface area contributed by atoms with E-state index in [1.165, 1.54) is 24.8 Å². The highest BCUT2D eigenvalue weighted by Crippen LogP contribution is 2.54. The van der Waals surface area contributed by atoms with Crippen molar-refractivity contribution in [2.45, 2.75) is 33.1 Å². The first-order chi connectivity index (χ1) is 6.11. The molecule has 0 heterocycles. The fourth-order valence-electron chi connectivity index (χ4n) is 3.59. The van der Waals surface area contributed by atoms with Crippen LogP contribution in [0.2, 0.25) is 0 Å². The van der Waals surface area contributed by atoms with Crippen LogP contribution in [0.4, 0.5) is 0 Å². The zero-order valence-electron chi connectivity index (χ0n) is 8.55. The van der Waals surface area contributed by atoms with E-state index in [2.05, 4.69) is 13.5 Å². The Balaban J connectivity index is 2.24. The molecule has 0 aromatic heterocycles. The number of Topliss-reactive ketones (excluding diaryl/α,β-unsaturated/α-hetero) is 1. The van der Waals surface area contributed by atoms with Crippen molar-refractivity contribution < 1.29 is 4.79 Å². The zero-order chi connectivity index (χ0) is 9.59. The number of rotatable bonds is 2. The van der Waals surface area contributed by atoms with Crippen LogP contribution in [-0.2, 0) is 4.79 Å². The molecule has 0 aromatic carbocycles. The predicted molar refractivity (Wildman–Crippen MR) is 53.3 cm³/mol. The number of allylic oxidation sites excluding steroid dienone is 1. The van der Waals surface area contributed by atoms with Crippen LogP contribution in [0.5, 0.6) is 0 Å². The van der Waals surface area contributed by atoms with Gasteiger partial charge in [-0.1, -0.05) is 12.2 Å². The molecule has 4 atom stereocenters. The van der Waals surface area contributed by atoms with Crippen molar-refractivity contribution in [2.75, 3.05) is 0 Å². The van der Waals surface area contributed by atoms with Crippen molar-refractivity contribution in [2.24, 2.45) is 23.7 Å². The SMILES string of the molecule is C=C(C)[C@@H]1[C@@H]2CC[C@@H](C2)[C@@H]1C(C)=O. The standard InChI is InChI=1S/C12H18O/c1-7(2)11-9-4-5-10(6-9)12(11)8(3)13/h9-12H,1,4-6H2,2-3H3/t9-,10+,11-,12+/m1/s1. The molecule has 2 rings (SSSR count). The van der Waals surface area contributed by atoms with Crippen LogP contribution in [0.1, 0.15) is 33.1 Å². The fraction of sp³-hybridized carbons (Fsp3) is 0.750. The highest BCUT2D eigenvalue weighted by Gasteiger charge is 2.49. The summed E-state index contributed by atoms with van der Waals surface area (Å²) >= 11 is 0. The van der Waals surface area contributed by atoms with Crippen LogP contribution in [0.15, 0.2) is 12.2 Å². The third kappa shape index (κ3) is 1.25. The van der Waals surface area contributed by atoms with Gasteiger partial charge in [-0.2, -0.15) is 0 Å². The highest BCUT2D eigenvalue weighted by atomic mass is 16.1. The first-order valence-electron chi connectivity index (χ1n) is 5.27. The van der Waals surface area contributed by atoms with Gasteiger partial charge >= 0.3 is 0 Å². The minimum atomic E-state index is 0.316.